The Morgan fingerprint density at radius 1 is 1.47 bits per heavy atom. The van der Waals surface area contributed by atoms with Crippen molar-refractivity contribution in [3.05, 3.63) is 23.8 Å². The van der Waals surface area contributed by atoms with Gasteiger partial charge in [-0.3, -0.25) is 0 Å². The molecule has 1 aliphatic heterocycles. The van der Waals surface area contributed by atoms with Crippen LogP contribution in [0.1, 0.15) is 31.9 Å². The molecule has 2 rings (SSSR count). The lowest BCUT2D eigenvalue weighted by molar-refractivity contribution is 0.0726. The highest BCUT2D eigenvalue weighted by molar-refractivity contribution is 5.85. The van der Waals surface area contributed by atoms with E-state index in [4.69, 9.17) is 10.5 Å². The summed E-state index contributed by atoms with van der Waals surface area (Å²) in [5.74, 6) is 0.919. The monoisotopic (exact) mass is 229 g/mol. The van der Waals surface area contributed by atoms with Crippen molar-refractivity contribution in [1.29, 1.82) is 0 Å². The Labute approximate surface area is 95.7 Å². The van der Waals surface area contributed by atoms with Crippen molar-refractivity contribution in [2.24, 2.45) is 5.73 Å². The standard InChI is InChI=1S/C11H15NO2.ClH/c1-11(2)6-9(12)8-4-3-7(13)5-10(8)14-11;/h3-5,9,13H,6,12H2,1-2H3;1H. The number of phenols is 1. The largest absolute Gasteiger partial charge is 0.508 e. The van der Waals surface area contributed by atoms with Gasteiger partial charge in [-0.1, -0.05) is 6.07 Å². The predicted molar refractivity (Wildman–Crippen MR) is 61.6 cm³/mol. The van der Waals surface area contributed by atoms with Gasteiger partial charge in [-0.05, 0) is 19.9 Å². The summed E-state index contributed by atoms with van der Waals surface area (Å²) >= 11 is 0. The maximum Gasteiger partial charge on any atom is 0.128 e. The normalized spacial score (nSPS) is 22.2. The quantitative estimate of drug-likeness (QED) is 0.718. The molecule has 0 aliphatic carbocycles. The van der Waals surface area contributed by atoms with Gasteiger partial charge in [0.15, 0.2) is 0 Å². The molecule has 0 bridgehead atoms. The number of ether oxygens (including phenoxy) is 1. The lowest BCUT2D eigenvalue weighted by Crippen LogP contribution is -2.37. The smallest absolute Gasteiger partial charge is 0.128 e. The van der Waals surface area contributed by atoms with Crippen LogP contribution in [-0.4, -0.2) is 10.7 Å². The Kier molecular flexibility index (Phi) is 3.16. The average Bonchev–Trinajstić information content (AvgIpc) is 2.00. The van der Waals surface area contributed by atoms with Crippen LogP contribution in [0.4, 0.5) is 0 Å². The van der Waals surface area contributed by atoms with Crippen LogP contribution in [0, 0.1) is 0 Å². The maximum absolute atomic E-state index is 9.32. The second-order valence-electron chi connectivity index (χ2n) is 4.39. The molecule has 1 unspecified atom stereocenters. The zero-order valence-electron chi connectivity index (χ0n) is 8.86. The van der Waals surface area contributed by atoms with Crippen LogP contribution in [0.5, 0.6) is 11.5 Å². The molecule has 1 heterocycles. The average molecular weight is 230 g/mol. The predicted octanol–water partition coefficient (Wildman–Crippen LogP) is 2.37. The highest BCUT2D eigenvalue weighted by atomic mass is 35.5. The van der Waals surface area contributed by atoms with Gasteiger partial charge in [-0.2, -0.15) is 0 Å². The van der Waals surface area contributed by atoms with Gasteiger partial charge < -0.3 is 15.6 Å². The van der Waals surface area contributed by atoms with Gasteiger partial charge in [0.1, 0.15) is 17.1 Å². The van der Waals surface area contributed by atoms with Crippen LogP contribution in [0.15, 0.2) is 18.2 Å². The fraction of sp³-hybridized carbons (Fsp3) is 0.455. The summed E-state index contributed by atoms with van der Waals surface area (Å²) in [4.78, 5) is 0. The SMILES string of the molecule is CC1(C)CC(N)c2ccc(O)cc2O1.Cl. The molecule has 0 radical (unpaired) electrons. The number of halogens is 1. The first-order valence-electron chi connectivity index (χ1n) is 4.75. The second-order valence-corrected chi connectivity index (χ2v) is 4.39. The minimum Gasteiger partial charge on any atom is -0.508 e. The summed E-state index contributed by atoms with van der Waals surface area (Å²) in [6.07, 6.45) is 0.796. The minimum absolute atomic E-state index is 0. The van der Waals surface area contributed by atoms with Crippen LogP contribution < -0.4 is 10.5 Å². The van der Waals surface area contributed by atoms with E-state index in [9.17, 15) is 5.11 Å². The van der Waals surface area contributed by atoms with Crippen molar-refractivity contribution >= 4 is 12.4 Å². The Hall–Kier alpha value is -0.930. The van der Waals surface area contributed by atoms with E-state index in [2.05, 4.69) is 0 Å². The first kappa shape index (κ1) is 12.1. The number of nitrogens with two attached hydrogens (primary N) is 1. The molecule has 0 saturated carbocycles. The second kappa shape index (κ2) is 3.91. The van der Waals surface area contributed by atoms with Crippen LogP contribution in [0.3, 0.4) is 0 Å². The van der Waals surface area contributed by atoms with Crippen molar-refractivity contribution in [1.82, 2.24) is 0 Å². The Morgan fingerprint density at radius 3 is 2.80 bits per heavy atom. The van der Waals surface area contributed by atoms with Crippen molar-refractivity contribution in [2.45, 2.75) is 31.9 Å². The molecule has 0 aromatic heterocycles. The van der Waals surface area contributed by atoms with Gasteiger partial charge >= 0.3 is 0 Å². The number of hydrogen-bond acceptors (Lipinski definition) is 3. The lowest BCUT2D eigenvalue weighted by atomic mass is 9.90. The molecule has 3 N–H and O–H groups in total. The van der Waals surface area contributed by atoms with E-state index in [1.165, 1.54) is 0 Å². The zero-order valence-corrected chi connectivity index (χ0v) is 9.67. The molecule has 1 aromatic carbocycles. The number of aromatic hydroxyl groups is 1. The molecule has 1 atom stereocenters. The van der Waals surface area contributed by atoms with Crippen molar-refractivity contribution in [3.63, 3.8) is 0 Å². The Bertz CT molecular complexity index is 366. The van der Waals surface area contributed by atoms with E-state index >= 15 is 0 Å². The van der Waals surface area contributed by atoms with Crippen molar-refractivity contribution < 1.29 is 9.84 Å². The molecule has 15 heavy (non-hydrogen) atoms. The molecule has 1 aliphatic rings. The van der Waals surface area contributed by atoms with Crippen LogP contribution in [0.2, 0.25) is 0 Å². The molecule has 1 aromatic rings. The van der Waals surface area contributed by atoms with Gasteiger partial charge in [0.05, 0.1) is 0 Å². The fourth-order valence-electron chi connectivity index (χ4n) is 1.90. The Balaban J connectivity index is 0.00000112. The van der Waals surface area contributed by atoms with Crippen LogP contribution >= 0.6 is 12.4 Å². The molecule has 0 saturated heterocycles. The first-order valence-corrected chi connectivity index (χ1v) is 4.75. The highest BCUT2D eigenvalue weighted by Crippen LogP contribution is 2.39. The molecule has 4 heteroatoms. The summed E-state index contributed by atoms with van der Waals surface area (Å²) in [5.41, 5.74) is 6.73. The molecule has 0 spiro atoms. The van der Waals surface area contributed by atoms with E-state index < -0.39 is 0 Å². The van der Waals surface area contributed by atoms with Gasteiger partial charge in [0.25, 0.3) is 0 Å². The minimum atomic E-state index is -0.250. The third kappa shape index (κ3) is 2.36. The third-order valence-electron chi connectivity index (χ3n) is 2.49. The van der Waals surface area contributed by atoms with E-state index in [0.717, 1.165) is 12.0 Å². The number of hydrogen-bond donors (Lipinski definition) is 2. The summed E-state index contributed by atoms with van der Waals surface area (Å²) in [5, 5.41) is 9.32. The number of phenolic OH excluding ortho intramolecular Hbond substituents is 1. The van der Waals surface area contributed by atoms with Crippen molar-refractivity contribution in [3.8, 4) is 11.5 Å². The van der Waals surface area contributed by atoms with Gasteiger partial charge in [0, 0.05) is 24.1 Å². The first-order chi connectivity index (χ1) is 6.48. The fourth-order valence-corrected chi connectivity index (χ4v) is 1.90. The number of rotatable bonds is 0. The van der Waals surface area contributed by atoms with Gasteiger partial charge in [0.2, 0.25) is 0 Å². The third-order valence-corrected chi connectivity index (χ3v) is 2.49. The van der Waals surface area contributed by atoms with E-state index in [1.807, 2.05) is 19.9 Å². The molecule has 0 amide bonds. The molecule has 0 fully saturated rings. The topological polar surface area (TPSA) is 55.5 Å². The van der Waals surface area contributed by atoms with Crippen molar-refractivity contribution in [2.75, 3.05) is 0 Å². The van der Waals surface area contributed by atoms with E-state index in [-0.39, 0.29) is 29.8 Å². The Morgan fingerprint density at radius 2 is 2.13 bits per heavy atom. The van der Waals surface area contributed by atoms with Gasteiger partial charge in [-0.15, -0.1) is 12.4 Å². The zero-order chi connectivity index (χ0) is 10.3. The van der Waals surface area contributed by atoms with Crippen LogP contribution in [0.25, 0.3) is 0 Å². The number of fused-ring (bicyclic) bond motifs is 1. The lowest BCUT2D eigenvalue weighted by Gasteiger charge is -2.36. The van der Waals surface area contributed by atoms with Gasteiger partial charge in [-0.25, -0.2) is 0 Å². The molecule has 84 valence electrons. The summed E-state index contributed by atoms with van der Waals surface area (Å²) < 4.78 is 5.73. The molecular weight excluding hydrogens is 214 g/mol. The summed E-state index contributed by atoms with van der Waals surface area (Å²) in [7, 11) is 0. The van der Waals surface area contributed by atoms with Crippen LogP contribution in [-0.2, 0) is 0 Å². The summed E-state index contributed by atoms with van der Waals surface area (Å²) in [6, 6.07) is 5.08. The summed E-state index contributed by atoms with van der Waals surface area (Å²) in [6.45, 7) is 4.00. The maximum atomic E-state index is 9.32. The molecular formula is C11H16ClNO2. The molecule has 3 nitrogen and oxygen atoms in total. The van der Waals surface area contributed by atoms with E-state index in [1.54, 1.807) is 12.1 Å². The number of benzene rings is 1. The van der Waals surface area contributed by atoms with E-state index in [0.29, 0.717) is 5.75 Å². The highest BCUT2D eigenvalue weighted by Gasteiger charge is 2.31.